The SMILES string of the molecule is CCCCCOc1ccc(/C=C2\NC(=S)NC2=O)cc1. The molecule has 0 atom stereocenters. The van der Waals surface area contributed by atoms with Gasteiger partial charge in [-0.05, 0) is 42.4 Å². The third-order valence-corrected chi connectivity index (χ3v) is 3.13. The maximum Gasteiger partial charge on any atom is 0.273 e. The summed E-state index contributed by atoms with van der Waals surface area (Å²) in [6.45, 7) is 2.91. The van der Waals surface area contributed by atoms with Crippen molar-refractivity contribution in [3.8, 4) is 5.75 Å². The summed E-state index contributed by atoms with van der Waals surface area (Å²) in [7, 11) is 0. The number of unbranched alkanes of at least 4 members (excludes halogenated alkanes) is 2. The molecule has 0 saturated carbocycles. The number of rotatable bonds is 6. The summed E-state index contributed by atoms with van der Waals surface area (Å²) < 4.78 is 5.63. The van der Waals surface area contributed by atoms with Crippen LogP contribution in [0.3, 0.4) is 0 Å². The summed E-state index contributed by atoms with van der Waals surface area (Å²) in [5, 5.41) is 5.69. The standard InChI is InChI=1S/C15H18N2O2S/c1-2-3-4-9-19-12-7-5-11(6-8-12)10-13-14(18)17-15(20)16-13/h5-8,10H,2-4,9H2,1H3,(H2,16,17,18,20)/b13-10-. The minimum absolute atomic E-state index is 0.199. The molecule has 1 heterocycles. The number of amides is 1. The number of benzene rings is 1. The van der Waals surface area contributed by atoms with Gasteiger partial charge in [0.25, 0.3) is 5.91 Å². The molecule has 2 rings (SSSR count). The summed E-state index contributed by atoms with van der Waals surface area (Å²) in [6.07, 6.45) is 5.21. The zero-order chi connectivity index (χ0) is 14.4. The molecule has 1 aromatic rings. The van der Waals surface area contributed by atoms with E-state index in [0.29, 0.717) is 10.8 Å². The van der Waals surface area contributed by atoms with Crippen LogP contribution in [0.4, 0.5) is 0 Å². The first-order valence-electron chi connectivity index (χ1n) is 6.76. The fraction of sp³-hybridized carbons (Fsp3) is 0.333. The highest BCUT2D eigenvalue weighted by Gasteiger charge is 2.19. The van der Waals surface area contributed by atoms with Crippen molar-refractivity contribution in [2.75, 3.05) is 6.61 Å². The Morgan fingerprint density at radius 2 is 1.95 bits per heavy atom. The molecule has 106 valence electrons. The van der Waals surface area contributed by atoms with E-state index >= 15 is 0 Å². The average molecular weight is 290 g/mol. The molecule has 5 heteroatoms. The fourth-order valence-electron chi connectivity index (χ4n) is 1.85. The number of hydrogen-bond acceptors (Lipinski definition) is 3. The van der Waals surface area contributed by atoms with Crippen molar-refractivity contribution in [3.05, 3.63) is 35.5 Å². The summed E-state index contributed by atoms with van der Waals surface area (Å²) in [4.78, 5) is 11.5. The molecule has 0 aromatic heterocycles. The number of ether oxygens (including phenoxy) is 1. The zero-order valence-electron chi connectivity index (χ0n) is 11.4. The first-order valence-corrected chi connectivity index (χ1v) is 7.17. The molecule has 0 bridgehead atoms. The van der Waals surface area contributed by atoms with E-state index in [-0.39, 0.29) is 5.91 Å². The lowest BCUT2D eigenvalue weighted by molar-refractivity contribution is -0.115. The van der Waals surface area contributed by atoms with Crippen molar-refractivity contribution in [2.45, 2.75) is 26.2 Å². The van der Waals surface area contributed by atoms with Crippen LogP contribution in [-0.4, -0.2) is 17.6 Å². The molecule has 1 aliphatic rings. The van der Waals surface area contributed by atoms with Crippen molar-refractivity contribution < 1.29 is 9.53 Å². The summed E-state index contributed by atoms with van der Waals surface area (Å²) in [5.41, 5.74) is 1.39. The average Bonchev–Trinajstić information content (AvgIpc) is 2.75. The Morgan fingerprint density at radius 1 is 1.20 bits per heavy atom. The number of thiocarbonyl (C=S) groups is 1. The van der Waals surface area contributed by atoms with Crippen LogP contribution in [-0.2, 0) is 4.79 Å². The summed E-state index contributed by atoms with van der Waals surface area (Å²) in [6, 6.07) is 7.64. The molecule has 0 spiro atoms. The zero-order valence-corrected chi connectivity index (χ0v) is 12.3. The van der Waals surface area contributed by atoms with Crippen molar-refractivity contribution in [2.24, 2.45) is 0 Å². The van der Waals surface area contributed by atoms with Crippen LogP contribution < -0.4 is 15.4 Å². The molecule has 0 unspecified atom stereocenters. The predicted molar refractivity (Wildman–Crippen MR) is 83.3 cm³/mol. The van der Waals surface area contributed by atoms with Gasteiger partial charge in [-0.1, -0.05) is 31.9 Å². The molecule has 20 heavy (non-hydrogen) atoms. The van der Waals surface area contributed by atoms with Crippen LogP contribution in [0.2, 0.25) is 0 Å². The van der Waals surface area contributed by atoms with Gasteiger partial charge in [0.15, 0.2) is 5.11 Å². The van der Waals surface area contributed by atoms with E-state index in [0.717, 1.165) is 24.3 Å². The van der Waals surface area contributed by atoms with E-state index in [4.69, 9.17) is 17.0 Å². The Morgan fingerprint density at radius 3 is 2.55 bits per heavy atom. The van der Waals surface area contributed by atoms with Gasteiger partial charge >= 0.3 is 0 Å². The monoisotopic (exact) mass is 290 g/mol. The lowest BCUT2D eigenvalue weighted by Crippen LogP contribution is -2.21. The van der Waals surface area contributed by atoms with Gasteiger partial charge in [-0.3, -0.25) is 10.1 Å². The molecular weight excluding hydrogens is 272 g/mol. The molecule has 1 aliphatic heterocycles. The second-order valence-corrected chi connectivity index (χ2v) is 5.00. The highest BCUT2D eigenvalue weighted by Crippen LogP contribution is 2.15. The van der Waals surface area contributed by atoms with Crippen LogP contribution in [0.25, 0.3) is 6.08 Å². The third-order valence-electron chi connectivity index (χ3n) is 2.93. The van der Waals surface area contributed by atoms with Crippen molar-refractivity contribution in [1.29, 1.82) is 0 Å². The van der Waals surface area contributed by atoms with E-state index in [1.54, 1.807) is 6.08 Å². The van der Waals surface area contributed by atoms with Gasteiger partial charge in [-0.2, -0.15) is 0 Å². The first kappa shape index (κ1) is 14.5. The van der Waals surface area contributed by atoms with Crippen LogP contribution in [0, 0.1) is 0 Å². The smallest absolute Gasteiger partial charge is 0.273 e. The lowest BCUT2D eigenvalue weighted by Gasteiger charge is -2.05. The molecule has 0 aliphatic carbocycles. The summed E-state index contributed by atoms with van der Waals surface area (Å²) in [5.74, 6) is 0.650. The van der Waals surface area contributed by atoms with Crippen LogP contribution >= 0.6 is 12.2 Å². The quantitative estimate of drug-likeness (QED) is 0.480. The van der Waals surface area contributed by atoms with Crippen molar-refractivity contribution in [1.82, 2.24) is 10.6 Å². The molecule has 1 fully saturated rings. The minimum Gasteiger partial charge on any atom is -0.494 e. The number of hydrogen-bond donors (Lipinski definition) is 2. The van der Waals surface area contributed by atoms with Gasteiger partial charge in [0, 0.05) is 0 Å². The Bertz CT molecular complexity index is 523. The second kappa shape index (κ2) is 7.05. The van der Waals surface area contributed by atoms with Crippen molar-refractivity contribution in [3.63, 3.8) is 0 Å². The maximum atomic E-state index is 11.5. The second-order valence-electron chi connectivity index (χ2n) is 4.59. The molecule has 4 nitrogen and oxygen atoms in total. The van der Waals surface area contributed by atoms with Gasteiger partial charge in [0.1, 0.15) is 11.4 Å². The Kier molecular flexibility index (Phi) is 5.12. The van der Waals surface area contributed by atoms with E-state index in [9.17, 15) is 4.79 Å². The van der Waals surface area contributed by atoms with E-state index in [1.807, 2.05) is 24.3 Å². The third kappa shape index (κ3) is 4.06. The highest BCUT2D eigenvalue weighted by atomic mass is 32.1. The van der Waals surface area contributed by atoms with E-state index in [1.165, 1.54) is 12.8 Å². The number of carbonyl (C=O) groups excluding carboxylic acids is 1. The van der Waals surface area contributed by atoms with Gasteiger partial charge in [0.05, 0.1) is 6.61 Å². The fourth-order valence-corrected chi connectivity index (χ4v) is 2.05. The molecule has 1 amide bonds. The van der Waals surface area contributed by atoms with Crippen molar-refractivity contribution >= 4 is 29.3 Å². The maximum absolute atomic E-state index is 11.5. The Balaban J connectivity index is 1.93. The minimum atomic E-state index is -0.199. The van der Waals surface area contributed by atoms with Crippen LogP contribution in [0.5, 0.6) is 5.75 Å². The number of nitrogens with one attached hydrogen (secondary N) is 2. The normalized spacial score (nSPS) is 16.1. The van der Waals surface area contributed by atoms with E-state index in [2.05, 4.69) is 17.6 Å². The molecule has 1 saturated heterocycles. The van der Waals surface area contributed by atoms with Gasteiger partial charge in [0.2, 0.25) is 0 Å². The summed E-state index contributed by atoms with van der Waals surface area (Å²) >= 11 is 4.88. The van der Waals surface area contributed by atoms with Crippen LogP contribution in [0.15, 0.2) is 30.0 Å². The molecule has 0 radical (unpaired) electrons. The highest BCUT2D eigenvalue weighted by molar-refractivity contribution is 7.80. The van der Waals surface area contributed by atoms with Gasteiger partial charge < -0.3 is 10.1 Å². The Labute approximate surface area is 124 Å². The predicted octanol–water partition coefficient (Wildman–Crippen LogP) is 2.60. The Hall–Kier alpha value is -1.88. The van der Waals surface area contributed by atoms with Gasteiger partial charge in [-0.15, -0.1) is 0 Å². The van der Waals surface area contributed by atoms with Gasteiger partial charge in [-0.25, -0.2) is 0 Å². The number of carbonyl (C=O) groups is 1. The molecule has 1 aromatic carbocycles. The first-order chi connectivity index (χ1) is 9.69. The van der Waals surface area contributed by atoms with Crippen LogP contribution in [0.1, 0.15) is 31.7 Å². The van der Waals surface area contributed by atoms with E-state index < -0.39 is 0 Å². The largest absolute Gasteiger partial charge is 0.494 e. The topological polar surface area (TPSA) is 50.4 Å². The lowest BCUT2D eigenvalue weighted by atomic mass is 10.2. The molecule has 2 N–H and O–H groups in total. The molecular formula is C15H18N2O2S.